The molecular weight excluding hydrogens is 384 g/mol. The van der Waals surface area contributed by atoms with Crippen molar-refractivity contribution in [3.05, 3.63) is 87.9 Å². The lowest BCUT2D eigenvalue weighted by Crippen LogP contribution is -2.45. The molecule has 1 N–H and O–H groups in total. The SMILES string of the molecule is COc1cc2c(cc1OC)[C@@H]1c3ccccc3N[C@@H](c3ccccc3Cl)N1CC2. The first-order chi connectivity index (χ1) is 14.2. The Hall–Kier alpha value is -2.69. The topological polar surface area (TPSA) is 33.7 Å². The Morgan fingerprint density at radius 2 is 1.59 bits per heavy atom. The van der Waals surface area contributed by atoms with Crippen LogP contribution in [-0.2, 0) is 6.42 Å². The summed E-state index contributed by atoms with van der Waals surface area (Å²) in [4.78, 5) is 2.50. The molecule has 4 nitrogen and oxygen atoms in total. The van der Waals surface area contributed by atoms with Crippen LogP contribution in [-0.4, -0.2) is 25.7 Å². The summed E-state index contributed by atoms with van der Waals surface area (Å²) in [5.74, 6) is 1.54. The summed E-state index contributed by atoms with van der Waals surface area (Å²) in [5, 5.41) is 4.50. The van der Waals surface area contributed by atoms with Crippen LogP contribution in [0.3, 0.4) is 0 Å². The molecule has 0 unspecified atom stereocenters. The average molecular weight is 407 g/mol. The van der Waals surface area contributed by atoms with Gasteiger partial charge in [-0.15, -0.1) is 0 Å². The van der Waals surface area contributed by atoms with Crippen molar-refractivity contribution in [3.8, 4) is 11.5 Å². The van der Waals surface area contributed by atoms with Crippen molar-refractivity contribution in [2.75, 3.05) is 26.1 Å². The number of hydrogen-bond acceptors (Lipinski definition) is 4. The summed E-state index contributed by atoms with van der Waals surface area (Å²) >= 11 is 6.60. The van der Waals surface area contributed by atoms with Gasteiger partial charge in [0, 0.05) is 22.8 Å². The van der Waals surface area contributed by atoms with E-state index in [1.807, 2.05) is 18.2 Å². The van der Waals surface area contributed by atoms with Gasteiger partial charge >= 0.3 is 0 Å². The van der Waals surface area contributed by atoms with Crippen LogP contribution >= 0.6 is 11.6 Å². The van der Waals surface area contributed by atoms with Gasteiger partial charge in [-0.2, -0.15) is 0 Å². The molecule has 3 aromatic rings. The molecule has 3 aromatic carbocycles. The molecule has 29 heavy (non-hydrogen) atoms. The van der Waals surface area contributed by atoms with Gasteiger partial charge in [0.15, 0.2) is 11.5 Å². The van der Waals surface area contributed by atoms with Crippen LogP contribution in [0.5, 0.6) is 11.5 Å². The standard InChI is InChI=1S/C24H23ClN2O2/c1-28-21-13-15-11-12-27-23(18(15)14-22(21)29-2)17-8-4-6-10-20(17)26-24(27)16-7-3-5-9-19(16)25/h3-10,13-14,23-24,26H,11-12H2,1-2H3/t23-,24+/m0/s1. The zero-order chi connectivity index (χ0) is 20.0. The summed E-state index contributed by atoms with van der Waals surface area (Å²) in [6.45, 7) is 0.921. The van der Waals surface area contributed by atoms with E-state index in [1.165, 1.54) is 16.7 Å². The fourth-order valence-corrected chi connectivity index (χ4v) is 4.88. The van der Waals surface area contributed by atoms with Crippen LogP contribution in [0.2, 0.25) is 5.02 Å². The molecule has 2 aliphatic rings. The minimum absolute atomic E-state index is 0.00449. The number of fused-ring (bicyclic) bond motifs is 5. The van der Waals surface area contributed by atoms with Gasteiger partial charge in [-0.05, 0) is 47.4 Å². The van der Waals surface area contributed by atoms with E-state index in [4.69, 9.17) is 21.1 Å². The fourth-order valence-electron chi connectivity index (χ4n) is 4.64. The number of ether oxygens (including phenoxy) is 2. The zero-order valence-corrected chi connectivity index (χ0v) is 17.2. The van der Waals surface area contributed by atoms with Crippen molar-refractivity contribution in [1.29, 1.82) is 0 Å². The van der Waals surface area contributed by atoms with E-state index in [9.17, 15) is 0 Å². The van der Waals surface area contributed by atoms with Crippen molar-refractivity contribution in [2.24, 2.45) is 0 Å². The number of nitrogens with one attached hydrogen (secondary N) is 1. The highest BCUT2D eigenvalue weighted by atomic mass is 35.5. The quantitative estimate of drug-likeness (QED) is 0.628. The molecule has 0 saturated carbocycles. The summed E-state index contributed by atoms with van der Waals surface area (Å²) < 4.78 is 11.2. The second-order valence-corrected chi connectivity index (χ2v) is 7.86. The Labute approximate surface area is 176 Å². The van der Waals surface area contributed by atoms with Gasteiger partial charge in [0.05, 0.1) is 20.3 Å². The van der Waals surface area contributed by atoms with Gasteiger partial charge < -0.3 is 14.8 Å². The normalized spacial score (nSPS) is 20.1. The molecule has 0 amide bonds. The number of nitrogens with zero attached hydrogens (tertiary/aromatic N) is 1. The lowest BCUT2D eigenvalue weighted by molar-refractivity contribution is 0.153. The van der Waals surface area contributed by atoms with Crippen LogP contribution < -0.4 is 14.8 Å². The highest BCUT2D eigenvalue weighted by molar-refractivity contribution is 6.31. The first-order valence-electron chi connectivity index (χ1n) is 9.81. The minimum Gasteiger partial charge on any atom is -0.493 e. The van der Waals surface area contributed by atoms with Crippen LogP contribution in [0, 0.1) is 0 Å². The van der Waals surface area contributed by atoms with E-state index < -0.39 is 0 Å². The molecule has 5 heteroatoms. The average Bonchev–Trinajstić information content (AvgIpc) is 2.77. The number of para-hydroxylation sites is 1. The van der Waals surface area contributed by atoms with E-state index in [1.54, 1.807) is 14.2 Å². The number of rotatable bonds is 3. The Kier molecular flexibility index (Phi) is 4.61. The van der Waals surface area contributed by atoms with Gasteiger partial charge in [-0.25, -0.2) is 0 Å². The third-order valence-corrected chi connectivity index (χ3v) is 6.33. The molecule has 0 aromatic heterocycles. The summed E-state index contributed by atoms with van der Waals surface area (Å²) in [7, 11) is 3.38. The number of benzene rings is 3. The van der Waals surface area contributed by atoms with Crippen LogP contribution in [0.1, 0.15) is 34.5 Å². The van der Waals surface area contributed by atoms with Gasteiger partial charge in [-0.1, -0.05) is 48.0 Å². The molecule has 2 heterocycles. The maximum atomic E-state index is 6.60. The third kappa shape index (κ3) is 2.95. The Morgan fingerprint density at radius 1 is 0.897 bits per heavy atom. The molecule has 2 aliphatic heterocycles. The lowest BCUT2D eigenvalue weighted by atomic mass is 9.84. The number of hydrogen-bond donors (Lipinski definition) is 1. The monoisotopic (exact) mass is 406 g/mol. The van der Waals surface area contributed by atoms with Crippen molar-refractivity contribution >= 4 is 17.3 Å². The molecule has 0 aliphatic carbocycles. The third-order valence-electron chi connectivity index (χ3n) is 5.99. The van der Waals surface area contributed by atoms with Crippen molar-refractivity contribution in [1.82, 2.24) is 4.90 Å². The van der Waals surface area contributed by atoms with E-state index in [2.05, 4.69) is 52.7 Å². The number of methoxy groups -OCH3 is 2. The maximum absolute atomic E-state index is 6.60. The smallest absolute Gasteiger partial charge is 0.161 e. The van der Waals surface area contributed by atoms with Gasteiger partial charge in [0.2, 0.25) is 0 Å². The number of halogens is 1. The first kappa shape index (κ1) is 18.3. The zero-order valence-electron chi connectivity index (χ0n) is 16.5. The van der Waals surface area contributed by atoms with Crippen molar-refractivity contribution in [3.63, 3.8) is 0 Å². The highest BCUT2D eigenvalue weighted by Crippen LogP contribution is 2.49. The van der Waals surface area contributed by atoms with Gasteiger partial charge in [0.25, 0.3) is 0 Å². The molecule has 0 spiro atoms. The second kappa shape index (κ2) is 7.29. The molecule has 0 bridgehead atoms. The lowest BCUT2D eigenvalue weighted by Gasteiger charge is -2.47. The first-order valence-corrected chi connectivity index (χ1v) is 10.2. The Morgan fingerprint density at radius 3 is 2.34 bits per heavy atom. The predicted octanol–water partition coefficient (Wildman–Crippen LogP) is 5.43. The van der Waals surface area contributed by atoms with Crippen molar-refractivity contribution < 1.29 is 9.47 Å². The molecule has 0 radical (unpaired) electrons. The Bertz CT molecular complexity index is 1070. The predicted molar refractivity (Wildman–Crippen MR) is 116 cm³/mol. The van der Waals surface area contributed by atoms with Gasteiger partial charge in [-0.3, -0.25) is 4.90 Å². The van der Waals surface area contributed by atoms with Crippen molar-refractivity contribution in [2.45, 2.75) is 18.6 Å². The molecule has 0 saturated heterocycles. The molecule has 0 fully saturated rings. The molecule has 148 valence electrons. The fraction of sp³-hybridized carbons (Fsp3) is 0.250. The molecule has 2 atom stereocenters. The van der Waals surface area contributed by atoms with Crippen LogP contribution in [0.4, 0.5) is 5.69 Å². The van der Waals surface area contributed by atoms with Crippen LogP contribution in [0.15, 0.2) is 60.7 Å². The maximum Gasteiger partial charge on any atom is 0.161 e. The van der Waals surface area contributed by atoms with Crippen LogP contribution in [0.25, 0.3) is 0 Å². The van der Waals surface area contributed by atoms with E-state index >= 15 is 0 Å². The summed E-state index contributed by atoms with van der Waals surface area (Å²) in [5.41, 5.74) is 6.07. The minimum atomic E-state index is 0.00449. The largest absolute Gasteiger partial charge is 0.493 e. The van der Waals surface area contributed by atoms with E-state index in [0.29, 0.717) is 0 Å². The van der Waals surface area contributed by atoms with E-state index in [-0.39, 0.29) is 12.2 Å². The molecule has 5 rings (SSSR count). The Balaban J connectivity index is 1.70. The van der Waals surface area contributed by atoms with E-state index in [0.717, 1.165) is 40.7 Å². The molecular formula is C24H23ClN2O2. The number of anilines is 1. The summed E-state index contributed by atoms with van der Waals surface area (Å²) in [6.07, 6.45) is 0.946. The summed E-state index contributed by atoms with van der Waals surface area (Å²) in [6, 6.07) is 21.0. The highest BCUT2D eigenvalue weighted by Gasteiger charge is 2.40. The second-order valence-electron chi connectivity index (χ2n) is 7.45. The van der Waals surface area contributed by atoms with Gasteiger partial charge in [0.1, 0.15) is 6.17 Å².